The van der Waals surface area contributed by atoms with E-state index >= 15 is 0 Å². The minimum atomic E-state index is -3.91. The van der Waals surface area contributed by atoms with Crippen molar-refractivity contribution in [3.8, 4) is 6.07 Å². The summed E-state index contributed by atoms with van der Waals surface area (Å²) in [5.41, 5.74) is 4.26. The molecule has 204 valence electrons. The smallest absolute Gasteiger partial charge is 0.406 e. The van der Waals surface area contributed by atoms with Gasteiger partial charge >= 0.3 is 13.7 Å². The zero-order valence-electron chi connectivity index (χ0n) is 21.3. The van der Waals surface area contributed by atoms with Gasteiger partial charge in [0.05, 0.1) is 25.0 Å². The van der Waals surface area contributed by atoms with E-state index in [1.54, 1.807) is 13.0 Å². The fourth-order valence-electron chi connectivity index (χ4n) is 3.91. The number of nitrogens with zero attached hydrogens (tertiary/aromatic N) is 4. The van der Waals surface area contributed by atoms with Crippen molar-refractivity contribution in [1.82, 2.24) is 19.7 Å². The van der Waals surface area contributed by atoms with E-state index in [9.17, 15) is 19.0 Å². The number of carbonyl (C=O) groups is 1. The molecule has 1 saturated heterocycles. The lowest BCUT2D eigenvalue weighted by Crippen LogP contribution is -2.47. The average molecular weight is 541 g/mol. The molecule has 5 atom stereocenters. The number of carbonyl (C=O) groups excluding carboxylic acids is 1. The predicted octanol–water partition coefficient (Wildman–Crippen LogP) is 3.42. The molecule has 37 heavy (non-hydrogen) atoms. The predicted molar refractivity (Wildman–Crippen MR) is 132 cm³/mol. The number of esters is 1. The van der Waals surface area contributed by atoms with Crippen molar-refractivity contribution >= 4 is 25.1 Å². The van der Waals surface area contributed by atoms with Gasteiger partial charge in [-0.25, -0.2) is 23.5 Å². The van der Waals surface area contributed by atoms with Crippen LogP contribution in [-0.4, -0.2) is 58.7 Å². The largest absolute Gasteiger partial charge is 0.465 e. The fraction of sp³-hybridized carbons (Fsp3) is 0.652. The van der Waals surface area contributed by atoms with Gasteiger partial charge in [0.15, 0.2) is 5.82 Å². The number of nitriles is 1. The van der Waals surface area contributed by atoms with Gasteiger partial charge in [0.25, 0.3) is 0 Å². The number of hydrogen-bond acceptors (Lipinski definition) is 10. The highest BCUT2D eigenvalue weighted by Gasteiger charge is 2.46. The number of aromatic nitrogens is 3. The molecule has 2 aromatic rings. The SMILES string of the molecule is CCCCCCCOC(=O)[C@H](C)NP1(=O)OC[C@@H](O[C@](C#N)(CF)c2ccc3c(N)ncnn23)[C@H](C)O1. The number of nitrogens with two attached hydrogens (primary N) is 1. The quantitative estimate of drug-likeness (QED) is 0.217. The molecule has 0 aliphatic carbocycles. The molecule has 12 nitrogen and oxygen atoms in total. The molecule has 1 aliphatic heterocycles. The van der Waals surface area contributed by atoms with Gasteiger partial charge in [0.1, 0.15) is 36.7 Å². The van der Waals surface area contributed by atoms with E-state index < -0.39 is 44.2 Å². The van der Waals surface area contributed by atoms with Crippen molar-refractivity contribution in [1.29, 1.82) is 5.26 Å². The number of fused-ring (bicyclic) bond motifs is 1. The van der Waals surface area contributed by atoms with Crippen LogP contribution in [0.4, 0.5) is 10.2 Å². The standard InChI is InChI=1S/C23H34FN6O6P/c1-4-5-6-7-8-11-33-22(31)16(2)29-37(32)34-12-19(17(3)36-37)35-23(13-24,14-25)20-10-9-18-21(26)27-15-28-30(18)20/h9-10,15-17,19H,4-8,11-13H2,1-3H3,(H,29,32)(H2,26,27,28)/t16-,17-,19+,23-,37?/m0/s1. The first-order valence-corrected chi connectivity index (χ1v) is 13.8. The van der Waals surface area contributed by atoms with E-state index in [1.165, 1.54) is 23.8 Å². The number of unbranched alkanes of at least 4 members (excludes halogenated alkanes) is 4. The maximum atomic E-state index is 14.4. The van der Waals surface area contributed by atoms with Gasteiger partial charge in [-0.15, -0.1) is 0 Å². The molecule has 0 aromatic carbocycles. The fourth-order valence-corrected chi connectivity index (χ4v) is 5.60. The first-order valence-electron chi connectivity index (χ1n) is 12.3. The third-order valence-electron chi connectivity index (χ3n) is 6.05. The van der Waals surface area contributed by atoms with Crippen LogP contribution in [0.15, 0.2) is 18.5 Å². The van der Waals surface area contributed by atoms with Crippen LogP contribution in [0.2, 0.25) is 0 Å². The van der Waals surface area contributed by atoms with Crippen LogP contribution in [0.3, 0.4) is 0 Å². The molecule has 2 aromatic heterocycles. The molecule has 0 bridgehead atoms. The summed E-state index contributed by atoms with van der Waals surface area (Å²) in [6.45, 7) is 3.95. The minimum absolute atomic E-state index is 0.103. The summed E-state index contributed by atoms with van der Waals surface area (Å²) >= 11 is 0. The molecular formula is C23H34FN6O6P. The maximum absolute atomic E-state index is 14.4. The van der Waals surface area contributed by atoms with Crippen molar-refractivity contribution in [2.24, 2.45) is 0 Å². The summed E-state index contributed by atoms with van der Waals surface area (Å²) in [6.07, 6.45) is 4.41. The monoisotopic (exact) mass is 540 g/mol. The number of nitrogen functional groups attached to an aromatic ring is 1. The third-order valence-corrected chi connectivity index (χ3v) is 7.85. The number of anilines is 1. The zero-order valence-corrected chi connectivity index (χ0v) is 22.2. The molecule has 0 radical (unpaired) electrons. The summed E-state index contributed by atoms with van der Waals surface area (Å²) < 4.78 is 50.8. The molecule has 3 heterocycles. The lowest BCUT2D eigenvalue weighted by molar-refractivity contribution is -0.148. The van der Waals surface area contributed by atoms with Gasteiger partial charge in [-0.2, -0.15) is 10.4 Å². The molecule has 0 saturated carbocycles. The minimum Gasteiger partial charge on any atom is -0.465 e. The Balaban J connectivity index is 1.61. The van der Waals surface area contributed by atoms with Crippen molar-refractivity contribution in [3.63, 3.8) is 0 Å². The molecule has 0 spiro atoms. The van der Waals surface area contributed by atoms with Gasteiger partial charge in [-0.3, -0.25) is 13.8 Å². The second-order valence-electron chi connectivity index (χ2n) is 8.93. The highest BCUT2D eigenvalue weighted by atomic mass is 31.2. The highest BCUT2D eigenvalue weighted by molar-refractivity contribution is 7.51. The second-order valence-corrected chi connectivity index (χ2v) is 10.6. The summed E-state index contributed by atoms with van der Waals surface area (Å²) in [5.74, 6) is -0.424. The van der Waals surface area contributed by atoms with Crippen molar-refractivity contribution < 1.29 is 32.3 Å². The van der Waals surface area contributed by atoms with E-state index in [-0.39, 0.29) is 24.7 Å². The number of alkyl halides is 1. The van der Waals surface area contributed by atoms with Crippen LogP contribution in [0.1, 0.15) is 58.6 Å². The Kier molecular flexibility index (Phi) is 9.98. The Morgan fingerprint density at radius 1 is 1.43 bits per heavy atom. The van der Waals surface area contributed by atoms with Crippen molar-refractivity contribution in [2.45, 2.75) is 76.7 Å². The summed E-state index contributed by atoms with van der Waals surface area (Å²) in [5, 5.41) is 16.5. The number of hydrogen-bond donors (Lipinski definition) is 2. The summed E-state index contributed by atoms with van der Waals surface area (Å²) in [4.78, 5) is 16.2. The van der Waals surface area contributed by atoms with E-state index in [2.05, 4.69) is 22.1 Å². The molecule has 0 amide bonds. The molecule has 3 rings (SSSR count). The van der Waals surface area contributed by atoms with E-state index in [0.717, 1.165) is 32.1 Å². The number of ether oxygens (including phenoxy) is 2. The molecular weight excluding hydrogens is 506 g/mol. The zero-order chi connectivity index (χ0) is 27.1. The Morgan fingerprint density at radius 3 is 2.86 bits per heavy atom. The van der Waals surface area contributed by atoms with Gasteiger partial charge in [-0.1, -0.05) is 32.6 Å². The van der Waals surface area contributed by atoms with E-state index in [0.29, 0.717) is 5.52 Å². The molecule has 14 heteroatoms. The number of nitrogens with one attached hydrogen (secondary N) is 1. The molecule has 1 fully saturated rings. The molecule has 1 unspecified atom stereocenters. The Bertz CT molecular complexity index is 1160. The van der Waals surface area contributed by atoms with Crippen LogP contribution >= 0.6 is 7.75 Å². The Morgan fingerprint density at radius 2 is 2.19 bits per heavy atom. The first kappa shape index (κ1) is 28.9. The summed E-state index contributed by atoms with van der Waals surface area (Å²) in [7, 11) is -3.91. The lowest BCUT2D eigenvalue weighted by atomic mass is 10.0. The van der Waals surface area contributed by atoms with E-state index in [1.807, 2.05) is 6.07 Å². The number of rotatable bonds is 13. The topological polar surface area (TPSA) is 163 Å². The van der Waals surface area contributed by atoms with Gasteiger partial charge in [0, 0.05) is 0 Å². The van der Waals surface area contributed by atoms with Crippen LogP contribution in [0, 0.1) is 11.3 Å². The van der Waals surface area contributed by atoms with Crippen LogP contribution in [0.25, 0.3) is 5.52 Å². The first-order chi connectivity index (χ1) is 17.7. The Hall–Kier alpha value is -2.62. The highest BCUT2D eigenvalue weighted by Crippen LogP contribution is 2.50. The summed E-state index contributed by atoms with van der Waals surface area (Å²) in [6, 6.07) is 3.95. The maximum Gasteiger partial charge on any atom is 0.406 e. The lowest BCUT2D eigenvalue weighted by Gasteiger charge is -2.38. The van der Waals surface area contributed by atoms with Gasteiger partial charge < -0.3 is 15.2 Å². The van der Waals surface area contributed by atoms with Gasteiger partial charge in [0.2, 0.25) is 5.60 Å². The molecule has 1 aliphatic rings. The third kappa shape index (κ3) is 6.83. The van der Waals surface area contributed by atoms with Crippen LogP contribution < -0.4 is 10.8 Å². The Labute approximate surface area is 215 Å². The van der Waals surface area contributed by atoms with Crippen molar-refractivity contribution in [2.75, 3.05) is 25.6 Å². The molecule has 3 N–H and O–H groups in total. The van der Waals surface area contributed by atoms with Gasteiger partial charge in [-0.05, 0) is 32.4 Å². The second kappa shape index (κ2) is 12.8. The van der Waals surface area contributed by atoms with Crippen molar-refractivity contribution in [3.05, 3.63) is 24.2 Å². The van der Waals surface area contributed by atoms with E-state index in [4.69, 9.17) is 24.3 Å². The average Bonchev–Trinajstić information content (AvgIpc) is 3.32. The normalized spacial score (nSPS) is 24.3. The van der Waals surface area contributed by atoms with Crippen LogP contribution in [0.5, 0.6) is 0 Å². The van der Waals surface area contributed by atoms with Crippen LogP contribution in [-0.2, 0) is 33.5 Å². The number of halogens is 1.